The minimum atomic E-state index is 0.0188. The van der Waals surface area contributed by atoms with Gasteiger partial charge in [-0.1, -0.05) is 6.42 Å². The maximum atomic E-state index is 11.3. The average molecular weight is 171 g/mol. The molecule has 12 heavy (non-hydrogen) atoms. The summed E-state index contributed by atoms with van der Waals surface area (Å²) in [6, 6.07) is 0.0188. The Balaban J connectivity index is 2.20. The first-order valence-corrected chi connectivity index (χ1v) is 4.56. The summed E-state index contributed by atoms with van der Waals surface area (Å²) in [5.74, 6) is 0.0974. The summed E-state index contributed by atoms with van der Waals surface area (Å²) in [6.45, 7) is 2.05. The minimum absolute atomic E-state index is 0.0188. The van der Waals surface area contributed by atoms with E-state index in [-0.39, 0.29) is 11.9 Å². The Morgan fingerprint density at radius 3 is 3.00 bits per heavy atom. The van der Waals surface area contributed by atoms with Crippen LogP contribution in [0.4, 0.5) is 0 Å². The largest absolute Gasteiger partial charge is 0.353 e. The van der Waals surface area contributed by atoms with Crippen molar-refractivity contribution in [2.75, 3.05) is 19.6 Å². The van der Waals surface area contributed by atoms with E-state index in [4.69, 9.17) is 5.73 Å². The molecule has 1 unspecified atom stereocenters. The number of nitrogens with one attached hydrogen (secondary N) is 2. The van der Waals surface area contributed by atoms with Crippen molar-refractivity contribution < 1.29 is 4.79 Å². The van der Waals surface area contributed by atoms with Gasteiger partial charge in [0.15, 0.2) is 0 Å². The minimum Gasteiger partial charge on any atom is -0.353 e. The fourth-order valence-electron chi connectivity index (χ4n) is 1.39. The van der Waals surface area contributed by atoms with Crippen LogP contribution in [0, 0.1) is 0 Å². The summed E-state index contributed by atoms with van der Waals surface area (Å²) in [4.78, 5) is 11.3. The number of carbonyl (C=O) groups excluding carboxylic acids is 1. The maximum Gasteiger partial charge on any atom is 0.237 e. The van der Waals surface area contributed by atoms with Crippen LogP contribution in [0.5, 0.6) is 0 Å². The standard InChI is InChI=1S/C8H17N3O/c9-4-6-11-8(12)7-3-1-2-5-10-7/h7,10H,1-6,9H2,(H,11,12). The van der Waals surface area contributed by atoms with Crippen molar-refractivity contribution in [1.29, 1.82) is 0 Å². The van der Waals surface area contributed by atoms with E-state index < -0.39 is 0 Å². The van der Waals surface area contributed by atoms with E-state index in [0.717, 1.165) is 19.4 Å². The molecule has 0 aromatic heterocycles. The highest BCUT2D eigenvalue weighted by atomic mass is 16.2. The van der Waals surface area contributed by atoms with Gasteiger partial charge in [-0.25, -0.2) is 0 Å². The third-order valence-electron chi connectivity index (χ3n) is 2.07. The number of piperidine rings is 1. The van der Waals surface area contributed by atoms with Crippen molar-refractivity contribution in [2.45, 2.75) is 25.3 Å². The smallest absolute Gasteiger partial charge is 0.237 e. The van der Waals surface area contributed by atoms with Crippen LogP contribution in [0.3, 0.4) is 0 Å². The topological polar surface area (TPSA) is 67.1 Å². The predicted octanol–water partition coefficient (Wildman–Crippen LogP) is -0.797. The summed E-state index contributed by atoms with van der Waals surface area (Å²) < 4.78 is 0. The monoisotopic (exact) mass is 171 g/mol. The van der Waals surface area contributed by atoms with E-state index in [9.17, 15) is 4.79 Å². The fourth-order valence-corrected chi connectivity index (χ4v) is 1.39. The molecule has 1 aliphatic heterocycles. The van der Waals surface area contributed by atoms with Crippen LogP contribution in [0.2, 0.25) is 0 Å². The molecular formula is C8H17N3O. The lowest BCUT2D eigenvalue weighted by Crippen LogP contribution is -2.47. The highest BCUT2D eigenvalue weighted by molar-refractivity contribution is 5.81. The average Bonchev–Trinajstić information content (AvgIpc) is 2.15. The van der Waals surface area contributed by atoms with Gasteiger partial charge in [0.2, 0.25) is 5.91 Å². The summed E-state index contributed by atoms with van der Waals surface area (Å²) in [7, 11) is 0. The van der Waals surface area contributed by atoms with E-state index in [1.165, 1.54) is 6.42 Å². The molecule has 0 radical (unpaired) electrons. The van der Waals surface area contributed by atoms with E-state index in [2.05, 4.69) is 10.6 Å². The quantitative estimate of drug-likeness (QED) is 0.521. The molecule has 1 rings (SSSR count). The lowest BCUT2D eigenvalue weighted by atomic mass is 10.0. The number of carbonyl (C=O) groups is 1. The molecule has 1 amide bonds. The van der Waals surface area contributed by atoms with Gasteiger partial charge in [-0.05, 0) is 19.4 Å². The highest BCUT2D eigenvalue weighted by Gasteiger charge is 2.19. The highest BCUT2D eigenvalue weighted by Crippen LogP contribution is 2.06. The molecule has 4 heteroatoms. The van der Waals surface area contributed by atoms with Crippen molar-refractivity contribution in [1.82, 2.24) is 10.6 Å². The summed E-state index contributed by atoms with van der Waals surface area (Å²) >= 11 is 0. The van der Waals surface area contributed by atoms with Gasteiger partial charge in [0.25, 0.3) is 0 Å². The van der Waals surface area contributed by atoms with Crippen LogP contribution < -0.4 is 16.4 Å². The van der Waals surface area contributed by atoms with Crippen LogP contribution >= 0.6 is 0 Å². The molecule has 4 N–H and O–H groups in total. The molecule has 0 spiro atoms. The maximum absolute atomic E-state index is 11.3. The molecule has 0 aromatic rings. The van der Waals surface area contributed by atoms with Gasteiger partial charge in [-0.2, -0.15) is 0 Å². The van der Waals surface area contributed by atoms with Crippen molar-refractivity contribution in [3.8, 4) is 0 Å². The number of hydrogen-bond donors (Lipinski definition) is 3. The SMILES string of the molecule is NCCNC(=O)C1CCCCN1. The van der Waals surface area contributed by atoms with Crippen LogP contribution in [-0.4, -0.2) is 31.6 Å². The number of nitrogens with two attached hydrogens (primary N) is 1. The zero-order valence-electron chi connectivity index (χ0n) is 7.31. The van der Waals surface area contributed by atoms with Crippen molar-refractivity contribution in [2.24, 2.45) is 5.73 Å². The Bertz CT molecular complexity index is 143. The van der Waals surface area contributed by atoms with E-state index in [1.807, 2.05) is 0 Å². The summed E-state index contributed by atoms with van der Waals surface area (Å²) in [5.41, 5.74) is 5.27. The molecule has 1 atom stereocenters. The first-order chi connectivity index (χ1) is 5.84. The number of amides is 1. The Morgan fingerprint density at radius 2 is 2.42 bits per heavy atom. The second-order valence-electron chi connectivity index (χ2n) is 3.08. The first kappa shape index (κ1) is 9.48. The van der Waals surface area contributed by atoms with Crippen LogP contribution in [0.1, 0.15) is 19.3 Å². The second kappa shape index (κ2) is 5.11. The van der Waals surface area contributed by atoms with Crippen molar-refractivity contribution >= 4 is 5.91 Å². The van der Waals surface area contributed by atoms with Gasteiger partial charge in [0.1, 0.15) is 0 Å². The van der Waals surface area contributed by atoms with Gasteiger partial charge >= 0.3 is 0 Å². The van der Waals surface area contributed by atoms with Gasteiger partial charge < -0.3 is 16.4 Å². The van der Waals surface area contributed by atoms with Crippen LogP contribution in [0.15, 0.2) is 0 Å². The molecule has 1 fully saturated rings. The van der Waals surface area contributed by atoms with E-state index >= 15 is 0 Å². The zero-order valence-corrected chi connectivity index (χ0v) is 7.31. The lowest BCUT2D eigenvalue weighted by Gasteiger charge is -2.22. The summed E-state index contributed by atoms with van der Waals surface area (Å²) in [6.07, 6.45) is 3.28. The molecule has 4 nitrogen and oxygen atoms in total. The van der Waals surface area contributed by atoms with E-state index in [1.54, 1.807) is 0 Å². The molecule has 1 aliphatic rings. The Labute approximate surface area is 72.9 Å². The fraction of sp³-hybridized carbons (Fsp3) is 0.875. The van der Waals surface area contributed by atoms with Gasteiger partial charge in [-0.3, -0.25) is 4.79 Å². The normalized spacial score (nSPS) is 23.6. The third kappa shape index (κ3) is 2.79. The lowest BCUT2D eigenvalue weighted by molar-refractivity contribution is -0.123. The van der Waals surface area contributed by atoms with Crippen molar-refractivity contribution in [3.05, 3.63) is 0 Å². The Kier molecular flexibility index (Phi) is 4.04. The predicted molar refractivity (Wildman–Crippen MR) is 47.7 cm³/mol. The molecule has 70 valence electrons. The molecule has 0 aliphatic carbocycles. The molecule has 1 saturated heterocycles. The van der Waals surface area contributed by atoms with Gasteiger partial charge in [-0.15, -0.1) is 0 Å². The zero-order chi connectivity index (χ0) is 8.81. The molecule has 0 bridgehead atoms. The summed E-state index contributed by atoms with van der Waals surface area (Å²) in [5, 5.41) is 5.95. The number of rotatable bonds is 3. The molecule has 1 heterocycles. The molecule has 0 aromatic carbocycles. The third-order valence-corrected chi connectivity index (χ3v) is 2.07. The molecule has 0 saturated carbocycles. The van der Waals surface area contributed by atoms with Gasteiger partial charge in [0, 0.05) is 13.1 Å². The number of hydrogen-bond acceptors (Lipinski definition) is 3. The second-order valence-corrected chi connectivity index (χ2v) is 3.08. The molecular weight excluding hydrogens is 154 g/mol. The van der Waals surface area contributed by atoms with Gasteiger partial charge in [0.05, 0.1) is 6.04 Å². The first-order valence-electron chi connectivity index (χ1n) is 4.56. The Morgan fingerprint density at radius 1 is 1.58 bits per heavy atom. The Hall–Kier alpha value is -0.610. The van der Waals surface area contributed by atoms with Crippen LogP contribution in [-0.2, 0) is 4.79 Å². The van der Waals surface area contributed by atoms with Crippen molar-refractivity contribution in [3.63, 3.8) is 0 Å². The van der Waals surface area contributed by atoms with Crippen LogP contribution in [0.25, 0.3) is 0 Å². The van der Waals surface area contributed by atoms with E-state index in [0.29, 0.717) is 13.1 Å².